The van der Waals surface area contributed by atoms with E-state index in [0.717, 1.165) is 39.0 Å². The van der Waals surface area contributed by atoms with Gasteiger partial charge in [0.1, 0.15) is 0 Å². The Labute approximate surface area is 145 Å². The Bertz CT molecular complexity index is 589. The van der Waals surface area contributed by atoms with Crippen molar-refractivity contribution >= 4 is 5.91 Å². The molecule has 1 saturated carbocycles. The van der Waals surface area contributed by atoms with Crippen molar-refractivity contribution in [3.63, 3.8) is 0 Å². The van der Waals surface area contributed by atoms with Gasteiger partial charge in [0, 0.05) is 43.2 Å². The van der Waals surface area contributed by atoms with Gasteiger partial charge in [-0.25, -0.2) is 0 Å². The average molecular weight is 327 g/mol. The lowest BCUT2D eigenvalue weighted by atomic mass is 9.92. The van der Waals surface area contributed by atoms with Gasteiger partial charge in [0.25, 0.3) is 0 Å². The summed E-state index contributed by atoms with van der Waals surface area (Å²) < 4.78 is 0. The third kappa shape index (κ3) is 3.49. The zero-order chi connectivity index (χ0) is 16.4. The summed E-state index contributed by atoms with van der Waals surface area (Å²) in [6.07, 6.45) is 9.18. The SMILES string of the molecule is O=C(CC1CCCC1)N1CCc2nc(C3CCNCC3)ccc2C1. The molecule has 2 fully saturated rings. The topological polar surface area (TPSA) is 45.2 Å². The van der Waals surface area contributed by atoms with Crippen LogP contribution in [0.5, 0.6) is 0 Å². The molecule has 1 amide bonds. The third-order valence-electron chi connectivity index (χ3n) is 6.12. The van der Waals surface area contributed by atoms with Crippen LogP contribution >= 0.6 is 0 Å². The first kappa shape index (κ1) is 16.1. The summed E-state index contributed by atoms with van der Waals surface area (Å²) in [5, 5.41) is 3.42. The molecular formula is C20H29N3O. The van der Waals surface area contributed by atoms with Gasteiger partial charge in [0.05, 0.1) is 0 Å². The van der Waals surface area contributed by atoms with Gasteiger partial charge in [0.15, 0.2) is 0 Å². The standard InChI is InChI=1S/C20H29N3O/c24-20(13-15-3-1-2-4-15)23-12-9-19-17(14-23)5-6-18(22-19)16-7-10-21-11-8-16/h5-6,15-16,21H,1-4,7-14H2. The average Bonchev–Trinajstić information content (AvgIpc) is 3.14. The first-order valence-electron chi connectivity index (χ1n) is 9.77. The van der Waals surface area contributed by atoms with Crippen molar-refractivity contribution in [3.05, 3.63) is 29.1 Å². The van der Waals surface area contributed by atoms with Crippen LogP contribution in [-0.4, -0.2) is 35.4 Å². The van der Waals surface area contributed by atoms with Crippen LogP contribution in [0.15, 0.2) is 12.1 Å². The summed E-state index contributed by atoms with van der Waals surface area (Å²) in [6, 6.07) is 4.44. The van der Waals surface area contributed by atoms with Crippen molar-refractivity contribution in [1.29, 1.82) is 0 Å². The fraction of sp³-hybridized carbons (Fsp3) is 0.700. The molecule has 0 atom stereocenters. The first-order chi connectivity index (χ1) is 11.8. The van der Waals surface area contributed by atoms with E-state index in [1.54, 1.807) is 0 Å². The summed E-state index contributed by atoms with van der Waals surface area (Å²) in [4.78, 5) is 19.6. The van der Waals surface area contributed by atoms with Crippen LogP contribution < -0.4 is 5.32 Å². The van der Waals surface area contributed by atoms with Crippen molar-refractivity contribution in [1.82, 2.24) is 15.2 Å². The molecule has 1 aromatic heterocycles. The van der Waals surface area contributed by atoms with E-state index >= 15 is 0 Å². The minimum absolute atomic E-state index is 0.356. The summed E-state index contributed by atoms with van der Waals surface area (Å²) in [5.41, 5.74) is 3.76. The molecule has 0 bridgehead atoms. The minimum Gasteiger partial charge on any atom is -0.338 e. The van der Waals surface area contributed by atoms with Crippen molar-refractivity contribution in [3.8, 4) is 0 Å². The Hall–Kier alpha value is -1.42. The fourth-order valence-electron chi connectivity index (χ4n) is 4.58. The maximum Gasteiger partial charge on any atom is 0.223 e. The highest BCUT2D eigenvalue weighted by atomic mass is 16.2. The molecule has 130 valence electrons. The number of nitrogens with zero attached hydrogens (tertiary/aromatic N) is 2. The highest BCUT2D eigenvalue weighted by molar-refractivity contribution is 5.76. The lowest BCUT2D eigenvalue weighted by Crippen LogP contribution is -2.37. The van der Waals surface area contributed by atoms with E-state index in [0.29, 0.717) is 17.7 Å². The molecule has 0 radical (unpaired) electrons. The van der Waals surface area contributed by atoms with Gasteiger partial charge in [-0.15, -0.1) is 0 Å². The Morgan fingerprint density at radius 3 is 2.75 bits per heavy atom. The smallest absolute Gasteiger partial charge is 0.223 e. The third-order valence-corrected chi connectivity index (χ3v) is 6.12. The molecule has 4 heteroatoms. The second kappa shape index (κ2) is 7.22. The second-order valence-electron chi connectivity index (χ2n) is 7.79. The number of hydrogen-bond acceptors (Lipinski definition) is 3. The predicted molar refractivity (Wildman–Crippen MR) is 94.8 cm³/mol. The van der Waals surface area contributed by atoms with E-state index in [1.807, 2.05) is 0 Å². The summed E-state index contributed by atoms with van der Waals surface area (Å²) in [5.74, 6) is 1.60. The minimum atomic E-state index is 0.356. The monoisotopic (exact) mass is 327 g/mol. The molecule has 4 nitrogen and oxygen atoms in total. The quantitative estimate of drug-likeness (QED) is 0.928. The number of carbonyl (C=O) groups is 1. The van der Waals surface area contributed by atoms with Crippen LogP contribution in [0.2, 0.25) is 0 Å². The molecular weight excluding hydrogens is 298 g/mol. The van der Waals surface area contributed by atoms with E-state index < -0.39 is 0 Å². The normalized spacial score (nSPS) is 22.6. The van der Waals surface area contributed by atoms with Crippen LogP contribution in [0.4, 0.5) is 0 Å². The van der Waals surface area contributed by atoms with Gasteiger partial charge in [-0.2, -0.15) is 0 Å². The molecule has 3 heterocycles. The number of pyridine rings is 1. The molecule has 0 spiro atoms. The molecule has 3 aliphatic rings. The molecule has 1 saturated heterocycles. The highest BCUT2D eigenvalue weighted by Crippen LogP contribution is 2.30. The fourth-order valence-corrected chi connectivity index (χ4v) is 4.58. The van der Waals surface area contributed by atoms with Crippen molar-refractivity contribution in [2.24, 2.45) is 5.92 Å². The molecule has 24 heavy (non-hydrogen) atoms. The van der Waals surface area contributed by atoms with Crippen LogP contribution in [0, 0.1) is 5.92 Å². The molecule has 2 aliphatic heterocycles. The van der Waals surface area contributed by atoms with Gasteiger partial charge in [-0.1, -0.05) is 18.9 Å². The van der Waals surface area contributed by atoms with Crippen molar-refractivity contribution < 1.29 is 4.79 Å². The largest absolute Gasteiger partial charge is 0.338 e. The molecule has 1 aromatic rings. The predicted octanol–water partition coefficient (Wildman–Crippen LogP) is 3.01. The van der Waals surface area contributed by atoms with Gasteiger partial charge in [0.2, 0.25) is 5.91 Å². The van der Waals surface area contributed by atoms with Crippen LogP contribution in [0.25, 0.3) is 0 Å². The van der Waals surface area contributed by atoms with E-state index in [-0.39, 0.29) is 0 Å². The Kier molecular flexibility index (Phi) is 4.83. The van der Waals surface area contributed by atoms with Gasteiger partial charge >= 0.3 is 0 Å². The number of fused-ring (bicyclic) bond motifs is 1. The first-order valence-corrected chi connectivity index (χ1v) is 9.77. The van der Waals surface area contributed by atoms with Crippen molar-refractivity contribution in [2.45, 2.75) is 63.8 Å². The molecule has 4 rings (SSSR count). The molecule has 0 unspecified atom stereocenters. The number of carbonyl (C=O) groups excluding carboxylic acids is 1. The number of nitrogens with one attached hydrogen (secondary N) is 1. The zero-order valence-electron chi connectivity index (χ0n) is 14.6. The molecule has 1 N–H and O–H groups in total. The molecule has 0 aromatic carbocycles. The van der Waals surface area contributed by atoms with Crippen molar-refractivity contribution in [2.75, 3.05) is 19.6 Å². The second-order valence-corrected chi connectivity index (χ2v) is 7.79. The number of rotatable bonds is 3. The Morgan fingerprint density at radius 2 is 1.96 bits per heavy atom. The lowest BCUT2D eigenvalue weighted by molar-refractivity contribution is -0.133. The van der Waals surface area contributed by atoms with Gasteiger partial charge < -0.3 is 10.2 Å². The van der Waals surface area contributed by atoms with Crippen LogP contribution in [-0.2, 0) is 17.8 Å². The maximum absolute atomic E-state index is 12.6. The lowest BCUT2D eigenvalue weighted by Gasteiger charge is -2.30. The number of aromatic nitrogens is 1. The van der Waals surface area contributed by atoms with Gasteiger partial charge in [-0.3, -0.25) is 9.78 Å². The van der Waals surface area contributed by atoms with Gasteiger partial charge in [-0.05, 0) is 56.3 Å². The summed E-state index contributed by atoms with van der Waals surface area (Å²) in [6.45, 7) is 3.82. The maximum atomic E-state index is 12.6. The van der Waals surface area contributed by atoms with Crippen LogP contribution in [0.1, 0.15) is 67.8 Å². The summed E-state index contributed by atoms with van der Waals surface area (Å²) in [7, 11) is 0. The van der Waals surface area contributed by atoms with E-state index in [2.05, 4.69) is 22.3 Å². The van der Waals surface area contributed by atoms with Crippen LogP contribution in [0.3, 0.4) is 0 Å². The Balaban J connectivity index is 1.40. The summed E-state index contributed by atoms with van der Waals surface area (Å²) >= 11 is 0. The number of piperidine rings is 1. The Morgan fingerprint density at radius 1 is 1.17 bits per heavy atom. The van der Waals surface area contributed by atoms with E-state index in [9.17, 15) is 4.79 Å². The van der Waals surface area contributed by atoms with E-state index in [1.165, 1.54) is 55.5 Å². The molecule has 1 aliphatic carbocycles. The number of amides is 1. The number of hydrogen-bond donors (Lipinski definition) is 1. The van der Waals surface area contributed by atoms with E-state index in [4.69, 9.17) is 4.98 Å². The zero-order valence-corrected chi connectivity index (χ0v) is 14.6. The highest BCUT2D eigenvalue weighted by Gasteiger charge is 2.26.